The summed E-state index contributed by atoms with van der Waals surface area (Å²) >= 11 is 0. The maximum absolute atomic E-state index is 11.8. The molecular formula is C100H94N32O15. The summed E-state index contributed by atoms with van der Waals surface area (Å²) in [7, 11) is 0. The third-order valence-electron chi connectivity index (χ3n) is 26.3. The third kappa shape index (κ3) is 18.9. The molecule has 147 heavy (non-hydrogen) atoms. The largest absolute Gasteiger partial charge is 0.508 e. The fourth-order valence-electron chi connectivity index (χ4n) is 18.4. The van der Waals surface area contributed by atoms with Gasteiger partial charge in [-0.3, -0.25) is 9.59 Å². The Morgan fingerprint density at radius 3 is 1.03 bits per heavy atom. The topological polar surface area (TPSA) is 559 Å². The van der Waals surface area contributed by atoms with Crippen molar-refractivity contribution in [2.24, 2.45) is 0 Å². The average Bonchev–Trinajstić information content (AvgIpc) is 1.62. The number of carbonyl (C=O) groups is 5. The van der Waals surface area contributed by atoms with Crippen LogP contribution in [-0.4, -0.2) is 303 Å². The highest BCUT2D eigenvalue weighted by Gasteiger charge is 2.33. The molecule has 20 aromatic rings. The first-order valence-corrected chi connectivity index (χ1v) is 47.0. The monoisotopic (exact) mass is 1980 g/mol. The number of carboxylic acids is 5. The summed E-state index contributed by atoms with van der Waals surface area (Å²) in [6, 6.07) is 52.7. The Morgan fingerprint density at radius 2 is 0.639 bits per heavy atom. The van der Waals surface area contributed by atoms with Crippen LogP contribution in [0, 0.1) is 0 Å². The summed E-state index contributed by atoms with van der Waals surface area (Å²) in [5, 5.41) is 117. The number of aliphatic carboxylic acids is 4. The third-order valence-corrected chi connectivity index (χ3v) is 26.3. The van der Waals surface area contributed by atoms with Crippen molar-refractivity contribution < 1.29 is 75.0 Å². The number of aromatic nitrogens is 24. The maximum Gasteiger partial charge on any atom is 0.335 e. The van der Waals surface area contributed by atoms with Gasteiger partial charge in [0.2, 0.25) is 23.8 Å². The number of phenolic OH excluding ortho intramolecular Hbond substituents is 4. The van der Waals surface area contributed by atoms with Gasteiger partial charge in [-0.2, -0.15) is 60.3 Å². The van der Waals surface area contributed by atoms with Crippen molar-refractivity contribution >= 4 is 165 Å². The number of para-hydroxylation sites is 2. The number of imidazole rings is 4. The fraction of sp³-hybridized carbons (Fsp3) is 0.230. The minimum absolute atomic E-state index is 0.0707. The molecule has 4 saturated heterocycles. The molecule has 0 radical (unpaired) electrons. The lowest BCUT2D eigenvalue weighted by Gasteiger charge is -2.36. The summed E-state index contributed by atoms with van der Waals surface area (Å²) in [5.74, 6) is -0.347. The van der Waals surface area contributed by atoms with E-state index in [9.17, 15) is 75.0 Å². The number of anilines is 8. The summed E-state index contributed by atoms with van der Waals surface area (Å²) in [4.78, 5) is 131. The standard InChI is InChI=1S/C25H22N8O5.C25H24N8O4.2C25H24N8O3/c34-18-4-2-17(3-5-18)30-7-9-31(10-8-30)25-28-22-21(26-14-32(22)13-20(35)36)23(29-25)33-19-6-1-15(24(37)38)11-16(19)12-27-33;34-14-16-1-6-20-17(11-16)12-27-33(20)24-22-23(32(15-26-22)13-21(36)37)28-25(29-24)31-9-7-30(8-10-31)18-2-4-19(35)5-3-18;1-16(24(35)36)32-15-26-22-21(32)23(33-20-5-3-2-4-17(20)14-27-33)29-25(28-22)31-12-10-30(11-13-31)18-6-8-19(34)9-7-18;1-16(24(35)36)32-15-26-21-22(32)28-25(29-23(21)33-20-5-3-2-4-17(20)14-27-33)31-12-10-30(11-13-31)18-6-8-19(34)9-7-18/h1-6,11-12,14,34H,7-10,13H2,(H,35,36)(H,37,38);1-6,11-12,15,34-35H,7-10,13-14H2,(H,36,37);2*2-9,14-16,34H,10-13H2,1H3,(H,35,36). The van der Waals surface area contributed by atoms with Gasteiger partial charge in [0.25, 0.3) is 0 Å². The molecule has 4 aliphatic rings. The number of hydrogen-bond acceptors (Lipinski definition) is 34. The molecule has 0 aliphatic carbocycles. The molecule has 47 heteroatoms. The van der Waals surface area contributed by atoms with Gasteiger partial charge >= 0.3 is 29.8 Å². The smallest absolute Gasteiger partial charge is 0.335 e. The molecule has 10 N–H and O–H groups in total. The van der Waals surface area contributed by atoms with Crippen LogP contribution in [0.4, 0.5) is 46.5 Å². The Hall–Kier alpha value is -19.2. The van der Waals surface area contributed by atoms with Crippen LogP contribution in [0.5, 0.6) is 23.0 Å². The van der Waals surface area contributed by atoms with Crippen molar-refractivity contribution in [3.63, 3.8) is 0 Å². The second kappa shape index (κ2) is 39.7. The number of carboxylic acid groups (broad SMARTS) is 5. The van der Waals surface area contributed by atoms with E-state index in [1.807, 2.05) is 120 Å². The van der Waals surface area contributed by atoms with Crippen LogP contribution in [0.3, 0.4) is 0 Å². The van der Waals surface area contributed by atoms with Gasteiger partial charge in [0.1, 0.15) is 53.7 Å². The Bertz CT molecular complexity index is 8360. The number of phenols is 4. The van der Waals surface area contributed by atoms with Gasteiger partial charge in [-0.05, 0) is 159 Å². The summed E-state index contributed by atoms with van der Waals surface area (Å²) in [6.07, 6.45) is 12.7. The molecule has 8 aromatic carbocycles. The molecule has 12 aromatic heterocycles. The molecule has 0 saturated carbocycles. The molecule has 47 nitrogen and oxygen atoms in total. The first-order chi connectivity index (χ1) is 71.3. The van der Waals surface area contributed by atoms with Crippen molar-refractivity contribution in [1.29, 1.82) is 0 Å². The van der Waals surface area contributed by atoms with Crippen LogP contribution in [0.2, 0.25) is 0 Å². The maximum atomic E-state index is 11.8. The van der Waals surface area contributed by atoms with Gasteiger partial charge in [0, 0.05) is 149 Å². The molecule has 2 unspecified atom stereocenters. The zero-order chi connectivity index (χ0) is 102. The van der Waals surface area contributed by atoms with E-state index in [0.717, 1.165) is 100 Å². The van der Waals surface area contributed by atoms with E-state index in [1.54, 1.807) is 121 Å². The number of benzene rings is 8. The normalized spacial score (nSPS) is 14.5. The van der Waals surface area contributed by atoms with E-state index >= 15 is 0 Å². The molecule has 744 valence electrons. The molecule has 0 spiro atoms. The lowest BCUT2D eigenvalue weighted by molar-refractivity contribution is -0.141. The van der Waals surface area contributed by atoms with E-state index in [2.05, 4.69) is 74.6 Å². The van der Waals surface area contributed by atoms with Crippen molar-refractivity contribution in [1.82, 2.24) is 117 Å². The molecule has 4 aliphatic heterocycles. The number of piperazine rings is 4. The number of aliphatic hydroxyl groups excluding tert-OH is 1. The van der Waals surface area contributed by atoms with Crippen LogP contribution in [0.25, 0.3) is 112 Å². The van der Waals surface area contributed by atoms with E-state index in [1.165, 1.54) is 46.6 Å². The van der Waals surface area contributed by atoms with E-state index in [0.29, 0.717) is 168 Å². The zero-order valence-corrected chi connectivity index (χ0v) is 78.9. The minimum atomic E-state index is -1.04. The Kier molecular flexibility index (Phi) is 25.4. The SMILES string of the molecule is CC(C(=O)O)n1cnc2c(-n3ncc4ccccc43)nc(N3CCN(c4ccc(O)cc4)CC3)nc21.CC(C(=O)O)n1cnc2nc(N3CCN(c4ccc(O)cc4)CC3)nc(-n3ncc4ccccc43)c21.O=C(O)Cn1cnc2c(-n3ncc4cc(C(=O)O)ccc43)nc(N3CCN(c4ccc(O)cc4)CC3)nc21.O=C(O)Cn1cnc2c(-n3ncc4cc(CO)ccc43)nc(N3CCN(c4ccc(O)cc4)CC3)nc21. The molecule has 16 heterocycles. The lowest BCUT2D eigenvalue weighted by Crippen LogP contribution is -2.47. The summed E-state index contributed by atoms with van der Waals surface area (Å²) in [5.41, 5.74) is 11.7. The van der Waals surface area contributed by atoms with Gasteiger partial charge in [0.15, 0.2) is 62.4 Å². The average molecular weight is 1980 g/mol. The van der Waals surface area contributed by atoms with Crippen LogP contribution in [0.1, 0.15) is 41.9 Å². The number of aliphatic hydroxyl groups is 1. The van der Waals surface area contributed by atoms with Crippen molar-refractivity contribution in [3.05, 3.63) is 243 Å². The first kappa shape index (κ1) is 94.0. The van der Waals surface area contributed by atoms with Crippen LogP contribution in [0.15, 0.2) is 232 Å². The Morgan fingerprint density at radius 1 is 0.320 bits per heavy atom. The van der Waals surface area contributed by atoms with Crippen molar-refractivity contribution in [2.75, 3.05) is 144 Å². The van der Waals surface area contributed by atoms with Crippen molar-refractivity contribution in [2.45, 2.75) is 45.6 Å². The van der Waals surface area contributed by atoms with E-state index in [4.69, 9.17) is 39.9 Å². The van der Waals surface area contributed by atoms with Crippen LogP contribution >= 0.6 is 0 Å². The molecule has 0 bridgehead atoms. The second-order valence-corrected chi connectivity index (χ2v) is 35.4. The molecule has 4 fully saturated rings. The van der Waals surface area contributed by atoms with Crippen LogP contribution in [-0.2, 0) is 38.9 Å². The van der Waals surface area contributed by atoms with Gasteiger partial charge in [-0.1, -0.05) is 42.5 Å². The van der Waals surface area contributed by atoms with Crippen LogP contribution < -0.4 is 39.2 Å². The number of hydrogen-bond donors (Lipinski definition) is 10. The van der Waals surface area contributed by atoms with Gasteiger partial charge in [-0.15, -0.1) is 0 Å². The number of aromatic carboxylic acids is 1. The van der Waals surface area contributed by atoms with E-state index in [-0.39, 0.29) is 48.3 Å². The quantitative estimate of drug-likeness (QED) is 0.0302. The van der Waals surface area contributed by atoms with Crippen molar-refractivity contribution in [3.8, 4) is 46.3 Å². The molecule has 24 rings (SSSR count). The zero-order valence-electron chi connectivity index (χ0n) is 78.9. The Labute approximate surface area is 831 Å². The fourth-order valence-corrected chi connectivity index (χ4v) is 18.4. The first-order valence-electron chi connectivity index (χ1n) is 47.0. The minimum Gasteiger partial charge on any atom is -0.508 e. The number of rotatable bonds is 22. The predicted molar refractivity (Wildman–Crippen MR) is 543 cm³/mol. The lowest BCUT2D eigenvalue weighted by atomic mass is 10.1. The van der Waals surface area contributed by atoms with E-state index < -0.39 is 41.9 Å². The predicted octanol–water partition coefficient (Wildman–Crippen LogP) is 9.44. The molecule has 0 amide bonds. The summed E-state index contributed by atoms with van der Waals surface area (Å²) in [6.45, 7) is 13.7. The number of nitrogens with zero attached hydrogens (tertiary/aromatic N) is 32. The highest BCUT2D eigenvalue weighted by molar-refractivity contribution is 5.96. The molecule has 2 atom stereocenters. The Balaban J connectivity index is 0.000000115. The highest BCUT2D eigenvalue weighted by atomic mass is 16.4. The summed E-state index contributed by atoms with van der Waals surface area (Å²) < 4.78 is 12.8. The van der Waals surface area contributed by atoms with Gasteiger partial charge in [-0.25, -0.2) is 53.0 Å². The molecular weight excluding hydrogens is 1890 g/mol. The second-order valence-electron chi connectivity index (χ2n) is 35.4. The highest BCUT2D eigenvalue weighted by Crippen LogP contribution is 2.36. The van der Waals surface area contributed by atoms with Gasteiger partial charge < -0.3 is 109 Å². The number of fused-ring (bicyclic) bond motifs is 8. The van der Waals surface area contributed by atoms with Gasteiger partial charge in [0.05, 0.1) is 84.3 Å². The number of aromatic hydroxyl groups is 4.